The topological polar surface area (TPSA) is 61.9 Å². The van der Waals surface area contributed by atoms with Crippen LogP contribution >= 0.6 is 0 Å². The van der Waals surface area contributed by atoms with E-state index in [0.29, 0.717) is 50.9 Å². The lowest BCUT2D eigenvalue weighted by Gasteiger charge is -2.36. The van der Waals surface area contributed by atoms with Gasteiger partial charge in [0.25, 0.3) is 0 Å². The molecule has 2 fully saturated rings. The number of rotatable bonds is 6. The summed E-state index contributed by atoms with van der Waals surface area (Å²) in [5.74, 6) is 2.20. The van der Waals surface area contributed by atoms with E-state index in [2.05, 4.69) is 12.2 Å². The molecule has 2 heterocycles. The summed E-state index contributed by atoms with van der Waals surface area (Å²) in [7, 11) is 1.63. The van der Waals surface area contributed by atoms with Gasteiger partial charge in [0.2, 0.25) is 11.8 Å². The van der Waals surface area contributed by atoms with Gasteiger partial charge < -0.3 is 19.9 Å². The molecule has 0 bridgehead atoms. The van der Waals surface area contributed by atoms with Crippen LogP contribution in [0.4, 0.5) is 0 Å². The zero-order valence-electron chi connectivity index (χ0n) is 17.2. The lowest BCUT2D eigenvalue weighted by Crippen LogP contribution is -2.51. The molecule has 1 aromatic rings. The number of carbonyl (C=O) groups excluding carboxylic acids is 2. The van der Waals surface area contributed by atoms with Gasteiger partial charge in [-0.3, -0.25) is 9.59 Å². The SMILES string of the molecule is COc1cccc(CC(=O)N2CCN(C(=O)CC(C)C3CCNCC3)CC2)c1. The molecule has 0 saturated carbocycles. The average Bonchev–Trinajstić information content (AvgIpc) is 2.74. The maximum absolute atomic E-state index is 12.7. The standard InChI is InChI=1S/C22H33N3O3/c1-17(19-6-8-23-9-7-19)14-21(26)24-10-12-25(13-11-24)22(27)16-18-4-3-5-20(15-18)28-2/h3-5,15,17,19,23H,6-14,16H2,1-2H3. The van der Waals surface area contributed by atoms with Crippen LogP contribution in [0.25, 0.3) is 0 Å². The molecular formula is C22H33N3O3. The third kappa shape index (κ3) is 5.47. The maximum atomic E-state index is 12.7. The van der Waals surface area contributed by atoms with Crippen LogP contribution in [0.2, 0.25) is 0 Å². The van der Waals surface area contributed by atoms with E-state index in [1.807, 2.05) is 34.1 Å². The van der Waals surface area contributed by atoms with Crippen molar-refractivity contribution < 1.29 is 14.3 Å². The number of piperidine rings is 1. The third-order valence-electron chi connectivity index (χ3n) is 6.16. The second-order valence-electron chi connectivity index (χ2n) is 8.06. The summed E-state index contributed by atoms with van der Waals surface area (Å²) in [5, 5.41) is 3.39. The van der Waals surface area contributed by atoms with Crippen molar-refractivity contribution in [3.63, 3.8) is 0 Å². The number of hydrogen-bond donors (Lipinski definition) is 1. The molecule has 6 heteroatoms. The van der Waals surface area contributed by atoms with E-state index in [1.54, 1.807) is 7.11 Å². The van der Waals surface area contributed by atoms with Gasteiger partial charge in [-0.25, -0.2) is 0 Å². The molecule has 2 amide bonds. The Bertz CT molecular complexity index is 665. The Balaban J connectivity index is 1.44. The van der Waals surface area contributed by atoms with E-state index in [0.717, 1.165) is 24.4 Å². The number of carbonyl (C=O) groups is 2. The lowest BCUT2D eigenvalue weighted by molar-refractivity contribution is -0.140. The monoisotopic (exact) mass is 387 g/mol. The van der Waals surface area contributed by atoms with Crippen molar-refractivity contribution in [1.82, 2.24) is 15.1 Å². The smallest absolute Gasteiger partial charge is 0.227 e. The van der Waals surface area contributed by atoms with E-state index >= 15 is 0 Å². The highest BCUT2D eigenvalue weighted by Gasteiger charge is 2.27. The molecule has 28 heavy (non-hydrogen) atoms. The fourth-order valence-electron chi connectivity index (χ4n) is 4.26. The first-order valence-electron chi connectivity index (χ1n) is 10.5. The summed E-state index contributed by atoms with van der Waals surface area (Å²) < 4.78 is 5.23. The van der Waals surface area contributed by atoms with Crippen molar-refractivity contribution in [2.45, 2.75) is 32.6 Å². The first-order chi connectivity index (χ1) is 13.6. The number of nitrogens with zero attached hydrogens (tertiary/aromatic N) is 2. The summed E-state index contributed by atoms with van der Waals surface area (Å²) in [5.41, 5.74) is 0.957. The van der Waals surface area contributed by atoms with Crippen LogP contribution in [0.15, 0.2) is 24.3 Å². The normalized spacial score (nSPS) is 19.4. The summed E-state index contributed by atoms with van der Waals surface area (Å²) in [6.45, 7) is 6.87. The molecule has 6 nitrogen and oxygen atoms in total. The van der Waals surface area contributed by atoms with Crippen LogP contribution in [0.1, 0.15) is 31.7 Å². The summed E-state index contributed by atoms with van der Waals surface area (Å²) in [6, 6.07) is 7.63. The summed E-state index contributed by atoms with van der Waals surface area (Å²) in [6.07, 6.45) is 3.34. The van der Waals surface area contributed by atoms with Gasteiger partial charge in [0.05, 0.1) is 13.5 Å². The van der Waals surface area contributed by atoms with E-state index in [-0.39, 0.29) is 11.8 Å². The van der Waals surface area contributed by atoms with Crippen molar-refractivity contribution in [3.8, 4) is 5.75 Å². The van der Waals surface area contributed by atoms with E-state index < -0.39 is 0 Å². The zero-order chi connectivity index (χ0) is 19.9. The minimum absolute atomic E-state index is 0.114. The van der Waals surface area contributed by atoms with Gasteiger partial charge in [-0.1, -0.05) is 19.1 Å². The number of ether oxygens (including phenoxy) is 1. The molecule has 0 aliphatic carbocycles. The summed E-state index contributed by atoms with van der Waals surface area (Å²) in [4.78, 5) is 29.1. The number of piperazine rings is 1. The minimum Gasteiger partial charge on any atom is -0.497 e. The predicted octanol–water partition coefficient (Wildman–Crippen LogP) is 1.93. The largest absolute Gasteiger partial charge is 0.497 e. The quantitative estimate of drug-likeness (QED) is 0.810. The second kappa shape index (κ2) is 9.92. The minimum atomic E-state index is 0.114. The molecule has 1 unspecified atom stereocenters. The molecule has 1 aromatic carbocycles. The van der Waals surface area contributed by atoms with Crippen LogP contribution in [0, 0.1) is 11.8 Å². The van der Waals surface area contributed by atoms with Crippen LogP contribution in [-0.2, 0) is 16.0 Å². The first-order valence-corrected chi connectivity index (χ1v) is 10.5. The van der Waals surface area contributed by atoms with Crippen molar-refractivity contribution >= 4 is 11.8 Å². The van der Waals surface area contributed by atoms with Crippen LogP contribution in [0.3, 0.4) is 0 Å². The van der Waals surface area contributed by atoms with Gasteiger partial charge in [0.15, 0.2) is 0 Å². The lowest BCUT2D eigenvalue weighted by atomic mass is 9.84. The fourth-order valence-corrected chi connectivity index (χ4v) is 4.26. The Labute approximate surface area is 168 Å². The maximum Gasteiger partial charge on any atom is 0.227 e. The van der Waals surface area contributed by atoms with Crippen molar-refractivity contribution in [2.24, 2.45) is 11.8 Å². The van der Waals surface area contributed by atoms with Crippen LogP contribution < -0.4 is 10.1 Å². The molecule has 1 N–H and O–H groups in total. The molecule has 3 rings (SSSR count). The highest BCUT2D eigenvalue weighted by Crippen LogP contribution is 2.25. The second-order valence-corrected chi connectivity index (χ2v) is 8.06. The molecular weight excluding hydrogens is 354 g/mol. The van der Waals surface area contributed by atoms with Gasteiger partial charge in [-0.05, 0) is 55.5 Å². The molecule has 0 aromatic heterocycles. The van der Waals surface area contributed by atoms with Gasteiger partial charge in [0.1, 0.15) is 5.75 Å². The highest BCUT2D eigenvalue weighted by atomic mass is 16.5. The number of benzene rings is 1. The van der Waals surface area contributed by atoms with E-state index in [9.17, 15) is 9.59 Å². The van der Waals surface area contributed by atoms with Gasteiger partial charge in [-0.2, -0.15) is 0 Å². The molecule has 2 aliphatic heterocycles. The predicted molar refractivity (Wildman–Crippen MR) is 109 cm³/mol. The van der Waals surface area contributed by atoms with Gasteiger partial charge >= 0.3 is 0 Å². The molecule has 0 spiro atoms. The van der Waals surface area contributed by atoms with Gasteiger partial charge in [-0.15, -0.1) is 0 Å². The molecule has 1 atom stereocenters. The van der Waals surface area contributed by atoms with Gasteiger partial charge in [0, 0.05) is 32.6 Å². The summed E-state index contributed by atoms with van der Waals surface area (Å²) >= 11 is 0. The highest BCUT2D eigenvalue weighted by molar-refractivity contribution is 5.80. The van der Waals surface area contributed by atoms with Crippen molar-refractivity contribution in [2.75, 3.05) is 46.4 Å². The first kappa shape index (κ1) is 20.6. The Kier molecular flexibility index (Phi) is 7.31. The van der Waals surface area contributed by atoms with E-state index in [4.69, 9.17) is 4.74 Å². The number of methoxy groups -OCH3 is 1. The third-order valence-corrected chi connectivity index (χ3v) is 6.16. The molecule has 154 valence electrons. The number of amides is 2. The zero-order valence-corrected chi connectivity index (χ0v) is 17.2. The average molecular weight is 388 g/mol. The number of nitrogens with one attached hydrogen (secondary N) is 1. The Hall–Kier alpha value is -2.08. The fraction of sp³-hybridized carbons (Fsp3) is 0.636. The van der Waals surface area contributed by atoms with Crippen LogP contribution in [-0.4, -0.2) is 68.0 Å². The van der Waals surface area contributed by atoms with E-state index in [1.165, 1.54) is 12.8 Å². The Morgan fingerprint density at radius 3 is 2.39 bits per heavy atom. The number of hydrogen-bond acceptors (Lipinski definition) is 4. The molecule has 2 saturated heterocycles. The Morgan fingerprint density at radius 2 is 1.75 bits per heavy atom. The molecule has 2 aliphatic rings. The molecule has 0 radical (unpaired) electrons. The van der Waals surface area contributed by atoms with Crippen LogP contribution in [0.5, 0.6) is 5.75 Å². The van der Waals surface area contributed by atoms with Crippen molar-refractivity contribution in [3.05, 3.63) is 29.8 Å². The van der Waals surface area contributed by atoms with Crippen molar-refractivity contribution in [1.29, 1.82) is 0 Å². The Morgan fingerprint density at radius 1 is 1.11 bits per heavy atom.